The average Bonchev–Trinajstić information content (AvgIpc) is 3.05. The van der Waals surface area contributed by atoms with E-state index in [1.807, 2.05) is 24.3 Å². The van der Waals surface area contributed by atoms with E-state index in [0.29, 0.717) is 0 Å². The molecule has 4 rings (SSSR count). The molecule has 1 aromatic heterocycles. The minimum Gasteiger partial charge on any atom is -0.487 e. The van der Waals surface area contributed by atoms with Crippen molar-refractivity contribution >= 4 is 5.91 Å². The standard InChI is InChI=1S/C19H21N3O4/c23-16(9-12-11-20-18(25)22-17(12)24)21-14-10-19(7-3-4-8-19)26-15-6-2-1-5-13(14)15/h1-2,5-6,11,14H,3-4,7-10H2,(H,21,23)(H2,20,22,24,25)/t14-/m0/s1. The van der Waals surface area contributed by atoms with Crippen molar-refractivity contribution in [2.75, 3.05) is 0 Å². The minimum atomic E-state index is -0.583. The first-order chi connectivity index (χ1) is 12.5. The maximum absolute atomic E-state index is 12.5. The first kappa shape index (κ1) is 16.6. The summed E-state index contributed by atoms with van der Waals surface area (Å²) in [5, 5.41) is 3.05. The number of para-hydroxylation sites is 1. The lowest BCUT2D eigenvalue weighted by Gasteiger charge is -2.40. The summed E-state index contributed by atoms with van der Waals surface area (Å²) in [5.41, 5.74) is -0.127. The van der Waals surface area contributed by atoms with E-state index in [2.05, 4.69) is 15.3 Å². The van der Waals surface area contributed by atoms with Crippen molar-refractivity contribution < 1.29 is 9.53 Å². The van der Waals surface area contributed by atoms with Crippen LogP contribution in [0.15, 0.2) is 40.1 Å². The van der Waals surface area contributed by atoms with Gasteiger partial charge in [0.2, 0.25) is 5.91 Å². The van der Waals surface area contributed by atoms with Gasteiger partial charge in [-0.15, -0.1) is 0 Å². The quantitative estimate of drug-likeness (QED) is 0.777. The number of ether oxygens (including phenoxy) is 1. The molecule has 3 N–H and O–H groups in total. The van der Waals surface area contributed by atoms with E-state index in [1.165, 1.54) is 6.20 Å². The van der Waals surface area contributed by atoms with Crippen LogP contribution >= 0.6 is 0 Å². The highest BCUT2D eigenvalue weighted by atomic mass is 16.5. The third kappa shape index (κ3) is 3.16. The van der Waals surface area contributed by atoms with Crippen LogP contribution in [-0.4, -0.2) is 21.5 Å². The first-order valence-electron chi connectivity index (χ1n) is 8.93. The van der Waals surface area contributed by atoms with E-state index in [1.54, 1.807) is 0 Å². The highest BCUT2D eigenvalue weighted by Crippen LogP contribution is 2.46. The van der Waals surface area contributed by atoms with E-state index in [0.717, 1.165) is 43.4 Å². The Morgan fingerprint density at radius 2 is 2.00 bits per heavy atom. The largest absolute Gasteiger partial charge is 0.487 e. The lowest BCUT2D eigenvalue weighted by molar-refractivity contribution is -0.121. The van der Waals surface area contributed by atoms with Crippen molar-refractivity contribution in [3.8, 4) is 5.75 Å². The van der Waals surface area contributed by atoms with Gasteiger partial charge >= 0.3 is 5.69 Å². The second-order valence-electron chi connectivity index (χ2n) is 7.13. The summed E-state index contributed by atoms with van der Waals surface area (Å²) in [6.45, 7) is 0. The molecule has 1 aromatic carbocycles. The lowest BCUT2D eigenvalue weighted by atomic mass is 9.86. The molecule has 2 aromatic rings. The number of hydrogen-bond donors (Lipinski definition) is 3. The van der Waals surface area contributed by atoms with E-state index < -0.39 is 11.2 Å². The van der Waals surface area contributed by atoms with Crippen LogP contribution in [0.3, 0.4) is 0 Å². The summed E-state index contributed by atoms with van der Waals surface area (Å²) < 4.78 is 6.30. The van der Waals surface area contributed by atoms with Crippen LogP contribution in [0, 0.1) is 0 Å². The summed E-state index contributed by atoms with van der Waals surface area (Å²) in [5.74, 6) is 0.574. The Morgan fingerprint density at radius 1 is 1.23 bits per heavy atom. The maximum Gasteiger partial charge on any atom is 0.325 e. The van der Waals surface area contributed by atoms with Crippen molar-refractivity contribution in [3.05, 3.63) is 62.4 Å². The third-order valence-corrected chi connectivity index (χ3v) is 5.29. The summed E-state index contributed by atoms with van der Waals surface area (Å²) >= 11 is 0. The zero-order valence-electron chi connectivity index (χ0n) is 14.3. The molecule has 136 valence electrons. The van der Waals surface area contributed by atoms with Crippen LogP contribution < -0.4 is 21.3 Å². The predicted octanol–water partition coefficient (Wildman–Crippen LogP) is 1.56. The number of carbonyl (C=O) groups excluding carboxylic acids is 1. The van der Waals surface area contributed by atoms with Crippen molar-refractivity contribution in [2.24, 2.45) is 0 Å². The normalized spacial score (nSPS) is 20.4. The van der Waals surface area contributed by atoms with Crippen molar-refractivity contribution in [1.82, 2.24) is 15.3 Å². The highest BCUT2D eigenvalue weighted by Gasteiger charge is 2.43. The molecule has 1 amide bonds. The zero-order chi connectivity index (χ0) is 18.1. The number of carbonyl (C=O) groups is 1. The Labute approximate surface area is 149 Å². The Kier molecular flexibility index (Phi) is 4.14. The molecule has 7 nitrogen and oxygen atoms in total. The number of H-pyrrole nitrogens is 2. The molecule has 26 heavy (non-hydrogen) atoms. The fraction of sp³-hybridized carbons (Fsp3) is 0.421. The average molecular weight is 355 g/mol. The van der Waals surface area contributed by atoms with Gasteiger partial charge in [0.1, 0.15) is 11.4 Å². The number of aromatic nitrogens is 2. The van der Waals surface area contributed by atoms with Gasteiger partial charge < -0.3 is 15.0 Å². The van der Waals surface area contributed by atoms with Gasteiger partial charge in [0.25, 0.3) is 5.56 Å². The Morgan fingerprint density at radius 3 is 2.77 bits per heavy atom. The molecule has 1 atom stereocenters. The second kappa shape index (κ2) is 6.48. The highest BCUT2D eigenvalue weighted by molar-refractivity contribution is 5.79. The molecule has 1 aliphatic heterocycles. The number of aromatic amines is 2. The van der Waals surface area contributed by atoms with Gasteiger partial charge in [-0.05, 0) is 31.7 Å². The first-order valence-corrected chi connectivity index (χ1v) is 8.93. The molecule has 1 spiro atoms. The third-order valence-electron chi connectivity index (χ3n) is 5.29. The number of fused-ring (bicyclic) bond motifs is 1. The van der Waals surface area contributed by atoms with Crippen LogP contribution in [0.25, 0.3) is 0 Å². The van der Waals surface area contributed by atoms with Gasteiger partial charge in [-0.2, -0.15) is 0 Å². The summed E-state index contributed by atoms with van der Waals surface area (Å²) in [6, 6.07) is 7.63. The molecule has 0 radical (unpaired) electrons. The van der Waals surface area contributed by atoms with Crippen molar-refractivity contribution in [3.63, 3.8) is 0 Å². The molecule has 0 bridgehead atoms. The maximum atomic E-state index is 12.5. The van der Waals surface area contributed by atoms with E-state index in [4.69, 9.17) is 4.74 Å². The smallest absolute Gasteiger partial charge is 0.325 e. The van der Waals surface area contributed by atoms with Gasteiger partial charge in [0.05, 0.1) is 12.5 Å². The molecule has 1 aliphatic carbocycles. The number of amides is 1. The molecule has 0 unspecified atom stereocenters. The predicted molar refractivity (Wildman–Crippen MR) is 95.2 cm³/mol. The number of benzene rings is 1. The molecule has 0 saturated heterocycles. The summed E-state index contributed by atoms with van der Waals surface area (Å²) in [4.78, 5) is 40.0. The summed E-state index contributed by atoms with van der Waals surface area (Å²) in [7, 11) is 0. The van der Waals surface area contributed by atoms with Gasteiger partial charge in [-0.1, -0.05) is 18.2 Å². The molecule has 1 fully saturated rings. The van der Waals surface area contributed by atoms with Crippen LogP contribution in [0.1, 0.15) is 49.3 Å². The Hall–Kier alpha value is -2.83. The van der Waals surface area contributed by atoms with E-state index in [-0.39, 0.29) is 29.5 Å². The molecule has 1 saturated carbocycles. The number of nitrogens with one attached hydrogen (secondary N) is 3. The van der Waals surface area contributed by atoms with Gasteiger partial charge in [-0.25, -0.2) is 4.79 Å². The van der Waals surface area contributed by atoms with Gasteiger partial charge in [0, 0.05) is 23.7 Å². The van der Waals surface area contributed by atoms with Crippen LogP contribution in [0.5, 0.6) is 5.75 Å². The SMILES string of the molecule is O=C(Cc1c[nH]c(=O)[nH]c1=O)N[C@H]1CC2(CCCC2)Oc2ccccc21. The number of rotatable bonds is 3. The monoisotopic (exact) mass is 355 g/mol. The fourth-order valence-corrected chi connectivity index (χ4v) is 4.06. The molecular formula is C19H21N3O4. The minimum absolute atomic E-state index is 0.0847. The molecule has 7 heteroatoms. The lowest BCUT2D eigenvalue weighted by Crippen LogP contribution is -2.44. The molecular weight excluding hydrogens is 334 g/mol. The van der Waals surface area contributed by atoms with E-state index >= 15 is 0 Å². The van der Waals surface area contributed by atoms with Crippen LogP contribution in [0.2, 0.25) is 0 Å². The Balaban J connectivity index is 1.55. The van der Waals surface area contributed by atoms with E-state index in [9.17, 15) is 14.4 Å². The second-order valence-corrected chi connectivity index (χ2v) is 7.13. The van der Waals surface area contributed by atoms with Crippen molar-refractivity contribution in [2.45, 2.75) is 50.2 Å². The van der Waals surface area contributed by atoms with Crippen LogP contribution in [0.4, 0.5) is 0 Å². The van der Waals surface area contributed by atoms with Crippen molar-refractivity contribution in [1.29, 1.82) is 0 Å². The summed E-state index contributed by atoms with van der Waals surface area (Å²) in [6.07, 6.45) is 6.19. The fourth-order valence-electron chi connectivity index (χ4n) is 4.06. The van der Waals surface area contributed by atoms with Gasteiger partial charge in [-0.3, -0.25) is 14.6 Å². The van der Waals surface area contributed by atoms with Gasteiger partial charge in [0.15, 0.2) is 0 Å². The molecule has 2 aliphatic rings. The Bertz CT molecular complexity index is 940. The number of hydrogen-bond acceptors (Lipinski definition) is 4. The zero-order valence-corrected chi connectivity index (χ0v) is 14.3. The molecule has 2 heterocycles. The van der Waals surface area contributed by atoms with Crippen LogP contribution in [-0.2, 0) is 11.2 Å². The topological polar surface area (TPSA) is 104 Å².